The summed E-state index contributed by atoms with van der Waals surface area (Å²) in [5.74, 6) is 0.804. The molecule has 0 saturated heterocycles. The van der Waals surface area contributed by atoms with Gasteiger partial charge in [0.2, 0.25) is 0 Å². The minimum Gasteiger partial charge on any atom is -0.428 e. The van der Waals surface area contributed by atoms with E-state index in [2.05, 4.69) is 56.9 Å². The van der Waals surface area contributed by atoms with Crippen molar-refractivity contribution in [2.24, 2.45) is 7.05 Å². The van der Waals surface area contributed by atoms with Crippen molar-refractivity contribution in [3.8, 4) is 28.3 Å². The second-order valence-electron chi connectivity index (χ2n) is 8.60. The molecule has 32 heavy (non-hydrogen) atoms. The lowest BCUT2D eigenvalue weighted by Crippen LogP contribution is -2.31. The highest BCUT2D eigenvalue weighted by molar-refractivity contribution is 6.04. The van der Waals surface area contributed by atoms with Crippen molar-refractivity contribution < 1.29 is 13.8 Å². The predicted molar refractivity (Wildman–Crippen MR) is 126 cm³/mol. The van der Waals surface area contributed by atoms with Crippen LogP contribution in [0.15, 0.2) is 47.1 Å². The summed E-state index contributed by atoms with van der Waals surface area (Å²) in [6.45, 7) is 10.1. The number of aromatic nitrogens is 4. The van der Waals surface area contributed by atoms with Crippen molar-refractivity contribution in [1.82, 2.24) is 15.1 Å². The number of hydrogen-bond donors (Lipinski definition) is 1. The van der Waals surface area contributed by atoms with Crippen LogP contribution in [-0.4, -0.2) is 21.2 Å². The van der Waals surface area contributed by atoms with Crippen LogP contribution >= 0.6 is 0 Å². The third-order valence-corrected chi connectivity index (χ3v) is 5.92. The number of imidazole rings is 1. The lowest BCUT2D eigenvalue weighted by atomic mass is 9.91. The van der Waals surface area contributed by atoms with Gasteiger partial charge < -0.3 is 9.26 Å². The summed E-state index contributed by atoms with van der Waals surface area (Å²) in [4.78, 5) is 8.08. The van der Waals surface area contributed by atoms with Crippen molar-refractivity contribution in [3.05, 3.63) is 59.6 Å². The molecule has 0 aliphatic carbocycles. The van der Waals surface area contributed by atoms with Gasteiger partial charge in [0.1, 0.15) is 11.9 Å². The van der Waals surface area contributed by atoms with Crippen LogP contribution in [0, 0.1) is 20.8 Å². The lowest BCUT2D eigenvalue weighted by Gasteiger charge is -2.12. The maximum Gasteiger partial charge on any atom is 0.454 e. The lowest BCUT2D eigenvalue weighted by molar-refractivity contribution is -0.651. The van der Waals surface area contributed by atoms with Crippen molar-refractivity contribution >= 4 is 21.9 Å². The Hall–Kier alpha value is -3.67. The van der Waals surface area contributed by atoms with E-state index < -0.39 is 0 Å². The first-order valence-corrected chi connectivity index (χ1v) is 10.9. The second kappa shape index (κ2) is 7.48. The molecular weight excluding hydrogens is 400 g/mol. The highest BCUT2D eigenvalue weighted by Gasteiger charge is 2.26. The number of nitrogens with one attached hydrogen (secondary N) is 1. The molecule has 3 aromatic heterocycles. The summed E-state index contributed by atoms with van der Waals surface area (Å²) in [6, 6.07) is 13.4. The molecule has 0 unspecified atom stereocenters. The number of aryl methyl sites for hydroxylation is 4. The van der Waals surface area contributed by atoms with Gasteiger partial charge in [-0.15, -0.1) is 0 Å². The summed E-state index contributed by atoms with van der Waals surface area (Å²) in [5.41, 5.74) is 9.47. The fourth-order valence-corrected chi connectivity index (χ4v) is 4.57. The largest absolute Gasteiger partial charge is 0.454 e. The number of aromatic amines is 1. The maximum absolute atomic E-state index is 6.08. The minimum absolute atomic E-state index is 0.0586. The summed E-state index contributed by atoms with van der Waals surface area (Å²) in [6.07, 6.45) is 1.89. The Kier molecular flexibility index (Phi) is 4.73. The van der Waals surface area contributed by atoms with E-state index in [1.54, 1.807) is 0 Å². The van der Waals surface area contributed by atoms with Gasteiger partial charge in [-0.1, -0.05) is 17.3 Å². The van der Waals surface area contributed by atoms with Crippen LogP contribution in [0.4, 0.5) is 0 Å². The van der Waals surface area contributed by atoms with Gasteiger partial charge in [0.25, 0.3) is 0 Å². The highest BCUT2D eigenvalue weighted by Crippen LogP contribution is 2.39. The van der Waals surface area contributed by atoms with E-state index in [1.165, 1.54) is 11.1 Å². The van der Waals surface area contributed by atoms with Crippen LogP contribution in [0.25, 0.3) is 44.2 Å². The molecule has 0 amide bonds. The Morgan fingerprint density at radius 3 is 2.59 bits per heavy atom. The van der Waals surface area contributed by atoms with Crippen LogP contribution in [0.2, 0.25) is 0 Å². The Morgan fingerprint density at radius 1 is 1.06 bits per heavy atom. The number of benzene rings is 2. The molecule has 0 bridgehead atoms. The SMILES string of the molecule is Cc1ccc2ncccc2c1-c1cc(-c2c(C)noc2C)cc2[nH]c(OC(C)C)[n+](C)c12. The topological polar surface area (TPSA) is 67.8 Å². The third kappa shape index (κ3) is 3.14. The third-order valence-electron chi connectivity index (χ3n) is 5.92. The molecule has 0 spiro atoms. The minimum atomic E-state index is 0.0586. The predicted octanol–water partition coefficient (Wildman–Crippen LogP) is 5.58. The Labute approximate surface area is 186 Å². The molecule has 1 N–H and O–H groups in total. The Balaban J connectivity index is 1.91. The van der Waals surface area contributed by atoms with Crippen LogP contribution in [0.5, 0.6) is 6.01 Å². The molecular formula is C26H27N4O2+. The fraction of sp³-hybridized carbons (Fsp3) is 0.269. The van der Waals surface area contributed by atoms with E-state index in [0.717, 1.165) is 56.1 Å². The molecule has 5 rings (SSSR count). The fourth-order valence-electron chi connectivity index (χ4n) is 4.57. The van der Waals surface area contributed by atoms with Gasteiger partial charge >= 0.3 is 6.01 Å². The zero-order valence-electron chi connectivity index (χ0n) is 19.3. The second-order valence-corrected chi connectivity index (χ2v) is 8.60. The quantitative estimate of drug-likeness (QED) is 0.381. The first-order chi connectivity index (χ1) is 15.3. The van der Waals surface area contributed by atoms with Crippen LogP contribution in [0.1, 0.15) is 30.9 Å². The zero-order chi connectivity index (χ0) is 22.6. The Morgan fingerprint density at radius 2 is 1.88 bits per heavy atom. The van der Waals surface area contributed by atoms with E-state index in [4.69, 9.17) is 9.26 Å². The van der Waals surface area contributed by atoms with Crippen molar-refractivity contribution in [2.75, 3.05) is 0 Å². The number of H-pyrrole nitrogens is 1. The Bertz CT molecular complexity index is 1460. The molecule has 0 fully saturated rings. The molecule has 6 nitrogen and oxygen atoms in total. The van der Waals surface area contributed by atoms with Gasteiger partial charge in [0.05, 0.1) is 18.3 Å². The number of rotatable bonds is 4. The monoisotopic (exact) mass is 427 g/mol. The standard InChI is InChI=1S/C26H26N4O2/c1-14(2)31-26-28-22-13-18(24-16(4)29-32-17(24)5)12-20(25(22)30(26)6)23-15(3)9-10-21-19(23)8-7-11-27-21/h7-14H,1-6H3/p+1. The molecule has 0 saturated carbocycles. The first-order valence-electron chi connectivity index (χ1n) is 10.9. The average molecular weight is 428 g/mol. The van der Waals surface area contributed by atoms with Crippen molar-refractivity contribution in [2.45, 2.75) is 40.7 Å². The number of pyridine rings is 1. The molecule has 0 aliphatic rings. The number of fused-ring (bicyclic) bond motifs is 2. The van der Waals surface area contributed by atoms with E-state index in [-0.39, 0.29) is 6.10 Å². The molecule has 2 aromatic carbocycles. The van der Waals surface area contributed by atoms with E-state index in [1.807, 2.05) is 47.0 Å². The van der Waals surface area contributed by atoms with Crippen LogP contribution < -0.4 is 9.30 Å². The summed E-state index contributed by atoms with van der Waals surface area (Å²) in [5, 5.41) is 5.30. The van der Waals surface area contributed by atoms with Gasteiger partial charge in [-0.2, -0.15) is 4.57 Å². The van der Waals surface area contributed by atoms with Gasteiger partial charge in [0, 0.05) is 22.7 Å². The van der Waals surface area contributed by atoms with E-state index in [9.17, 15) is 0 Å². The average Bonchev–Trinajstić information content (AvgIpc) is 3.25. The molecule has 3 heterocycles. The molecule has 6 heteroatoms. The molecule has 0 radical (unpaired) electrons. The molecule has 5 aromatic rings. The number of hydrogen-bond acceptors (Lipinski definition) is 4. The van der Waals surface area contributed by atoms with Gasteiger partial charge in [-0.3, -0.25) is 4.98 Å². The van der Waals surface area contributed by atoms with E-state index in [0.29, 0.717) is 0 Å². The number of nitrogens with zero attached hydrogens (tertiary/aromatic N) is 3. The van der Waals surface area contributed by atoms with Crippen LogP contribution in [-0.2, 0) is 7.05 Å². The summed E-state index contributed by atoms with van der Waals surface area (Å²) in [7, 11) is 2.04. The molecule has 0 atom stereocenters. The number of ether oxygens (including phenoxy) is 1. The van der Waals surface area contributed by atoms with Crippen LogP contribution in [0.3, 0.4) is 0 Å². The first kappa shape index (κ1) is 20.2. The normalized spacial score (nSPS) is 11.7. The van der Waals surface area contributed by atoms with Gasteiger partial charge in [-0.25, -0.2) is 4.98 Å². The smallest absolute Gasteiger partial charge is 0.428 e. The van der Waals surface area contributed by atoms with Gasteiger partial charge in [0.15, 0.2) is 11.0 Å². The van der Waals surface area contributed by atoms with Gasteiger partial charge in [-0.05, 0) is 75.6 Å². The highest BCUT2D eigenvalue weighted by atomic mass is 16.5. The molecule has 162 valence electrons. The maximum atomic E-state index is 6.08. The zero-order valence-corrected chi connectivity index (χ0v) is 19.3. The van der Waals surface area contributed by atoms with Crippen molar-refractivity contribution in [3.63, 3.8) is 0 Å². The summed E-state index contributed by atoms with van der Waals surface area (Å²) < 4.78 is 13.7. The molecule has 0 aliphatic heterocycles. The summed E-state index contributed by atoms with van der Waals surface area (Å²) >= 11 is 0. The van der Waals surface area contributed by atoms with Crippen molar-refractivity contribution in [1.29, 1.82) is 0 Å². The van der Waals surface area contributed by atoms with E-state index >= 15 is 0 Å².